The monoisotopic (exact) mass is 198 g/mol. The molecule has 13 heavy (non-hydrogen) atoms. The van der Waals surface area contributed by atoms with E-state index in [1.807, 2.05) is 24.3 Å². The summed E-state index contributed by atoms with van der Waals surface area (Å²) in [5, 5.41) is 10.3. The van der Waals surface area contributed by atoms with Gasteiger partial charge in [-0.2, -0.15) is 0 Å². The summed E-state index contributed by atoms with van der Waals surface area (Å²) in [6.45, 7) is 1.04. The zero-order valence-corrected chi connectivity index (χ0v) is 7.87. The molecule has 0 bridgehead atoms. The second-order valence-electron chi connectivity index (χ2n) is 3.26. The van der Waals surface area contributed by atoms with Gasteiger partial charge < -0.3 is 9.84 Å². The van der Waals surface area contributed by atoms with Crippen LogP contribution in [-0.2, 0) is 4.74 Å². The molecule has 0 aliphatic carbocycles. The number of ether oxygens (including phenoxy) is 1. The molecule has 0 aromatic heterocycles. The van der Waals surface area contributed by atoms with Gasteiger partial charge in [0.05, 0.1) is 19.3 Å². The van der Waals surface area contributed by atoms with Crippen molar-refractivity contribution in [2.75, 3.05) is 13.2 Å². The first-order valence-electron chi connectivity index (χ1n) is 4.28. The molecule has 0 radical (unpaired) electrons. The highest BCUT2D eigenvalue weighted by atomic mass is 35.5. The molecule has 0 spiro atoms. The summed E-state index contributed by atoms with van der Waals surface area (Å²) in [6, 6.07) is 7.54. The molecule has 0 saturated carbocycles. The summed E-state index contributed by atoms with van der Waals surface area (Å²) < 4.78 is 5.17. The van der Waals surface area contributed by atoms with Crippen LogP contribution in [0.15, 0.2) is 24.3 Å². The third-order valence-electron chi connectivity index (χ3n) is 2.35. The molecule has 2 nitrogen and oxygen atoms in total. The minimum absolute atomic E-state index is 0.109. The fraction of sp³-hybridized carbons (Fsp3) is 0.400. The molecule has 1 aliphatic heterocycles. The minimum Gasteiger partial charge on any atom is -0.390 e. The first kappa shape index (κ1) is 9.00. The lowest BCUT2D eigenvalue weighted by molar-refractivity contribution is 0.124. The molecule has 1 heterocycles. The van der Waals surface area contributed by atoms with Gasteiger partial charge >= 0.3 is 0 Å². The van der Waals surface area contributed by atoms with E-state index in [2.05, 4.69) is 0 Å². The molecule has 1 unspecified atom stereocenters. The van der Waals surface area contributed by atoms with E-state index in [1.54, 1.807) is 0 Å². The average Bonchev–Trinajstić information content (AvgIpc) is 2.53. The molecule has 1 fully saturated rings. The number of benzene rings is 1. The summed E-state index contributed by atoms with van der Waals surface area (Å²) in [4.78, 5) is 0. The van der Waals surface area contributed by atoms with E-state index in [1.165, 1.54) is 0 Å². The molecule has 1 aliphatic rings. The summed E-state index contributed by atoms with van der Waals surface area (Å²) in [5.41, 5.74) is 1.09. The average molecular weight is 199 g/mol. The van der Waals surface area contributed by atoms with Gasteiger partial charge in [-0.1, -0.05) is 23.7 Å². The van der Waals surface area contributed by atoms with Crippen LogP contribution in [0.3, 0.4) is 0 Å². The number of aliphatic hydroxyl groups is 1. The lowest BCUT2D eigenvalue weighted by Crippen LogP contribution is -2.15. The summed E-state index contributed by atoms with van der Waals surface area (Å²) in [6.07, 6.45) is -0.374. The first-order chi connectivity index (χ1) is 6.27. The normalized spacial score (nSPS) is 27.8. The van der Waals surface area contributed by atoms with Crippen LogP contribution in [-0.4, -0.2) is 24.4 Å². The molecule has 3 heteroatoms. The van der Waals surface area contributed by atoms with Gasteiger partial charge in [-0.3, -0.25) is 0 Å². The van der Waals surface area contributed by atoms with Gasteiger partial charge in [0.2, 0.25) is 0 Å². The molecular formula is C10H11ClO2. The van der Waals surface area contributed by atoms with Crippen LogP contribution < -0.4 is 0 Å². The van der Waals surface area contributed by atoms with Gasteiger partial charge in [0.15, 0.2) is 0 Å². The maximum absolute atomic E-state index is 9.55. The fourth-order valence-corrected chi connectivity index (χ4v) is 1.70. The SMILES string of the molecule is O[C@@H]1COCC1c1ccc(Cl)cc1. The Morgan fingerprint density at radius 1 is 1.23 bits per heavy atom. The quantitative estimate of drug-likeness (QED) is 0.746. The molecule has 70 valence electrons. The maximum atomic E-state index is 9.55. The maximum Gasteiger partial charge on any atom is 0.0864 e. The highest BCUT2D eigenvalue weighted by Crippen LogP contribution is 2.26. The van der Waals surface area contributed by atoms with Gasteiger partial charge in [0.1, 0.15) is 0 Å². The van der Waals surface area contributed by atoms with Crippen LogP contribution in [0.4, 0.5) is 0 Å². The molecule has 1 N–H and O–H groups in total. The smallest absolute Gasteiger partial charge is 0.0864 e. The van der Waals surface area contributed by atoms with E-state index in [-0.39, 0.29) is 12.0 Å². The number of rotatable bonds is 1. The fourth-order valence-electron chi connectivity index (χ4n) is 1.57. The zero-order chi connectivity index (χ0) is 9.26. The molecule has 0 amide bonds. The van der Waals surface area contributed by atoms with E-state index < -0.39 is 0 Å². The summed E-state index contributed by atoms with van der Waals surface area (Å²) >= 11 is 5.76. The third-order valence-corrected chi connectivity index (χ3v) is 2.60. The Hall–Kier alpha value is -0.570. The van der Waals surface area contributed by atoms with Crippen molar-refractivity contribution in [2.24, 2.45) is 0 Å². The van der Waals surface area contributed by atoms with Gasteiger partial charge in [0, 0.05) is 10.9 Å². The molecule has 2 rings (SSSR count). The van der Waals surface area contributed by atoms with E-state index in [0.29, 0.717) is 13.2 Å². The molecule has 2 atom stereocenters. The predicted molar refractivity (Wildman–Crippen MR) is 51.0 cm³/mol. The van der Waals surface area contributed by atoms with Crippen molar-refractivity contribution in [3.63, 3.8) is 0 Å². The second-order valence-corrected chi connectivity index (χ2v) is 3.70. The minimum atomic E-state index is -0.374. The predicted octanol–water partition coefficient (Wildman–Crippen LogP) is 1.81. The van der Waals surface area contributed by atoms with Crippen LogP contribution in [0.25, 0.3) is 0 Å². The Bertz CT molecular complexity index is 283. The van der Waals surface area contributed by atoms with Gasteiger partial charge in [-0.15, -0.1) is 0 Å². The van der Waals surface area contributed by atoms with Gasteiger partial charge in [-0.05, 0) is 17.7 Å². The first-order valence-corrected chi connectivity index (χ1v) is 4.66. The lowest BCUT2D eigenvalue weighted by Gasteiger charge is -2.12. The number of hydrogen-bond acceptors (Lipinski definition) is 2. The molecular weight excluding hydrogens is 188 g/mol. The highest BCUT2D eigenvalue weighted by molar-refractivity contribution is 6.30. The Balaban J connectivity index is 2.20. The van der Waals surface area contributed by atoms with Crippen molar-refractivity contribution in [3.8, 4) is 0 Å². The largest absolute Gasteiger partial charge is 0.390 e. The van der Waals surface area contributed by atoms with Gasteiger partial charge in [0.25, 0.3) is 0 Å². The standard InChI is InChI=1S/C10H11ClO2/c11-8-3-1-7(2-4-8)9-5-13-6-10(9)12/h1-4,9-10,12H,5-6H2/t9?,10-/m1/s1. The van der Waals surface area contributed by atoms with Crippen LogP contribution in [0.2, 0.25) is 5.02 Å². The van der Waals surface area contributed by atoms with E-state index in [0.717, 1.165) is 10.6 Å². The van der Waals surface area contributed by atoms with Crippen LogP contribution >= 0.6 is 11.6 Å². The third kappa shape index (κ3) is 1.85. The Kier molecular flexibility index (Phi) is 2.54. The lowest BCUT2D eigenvalue weighted by atomic mass is 9.97. The summed E-state index contributed by atoms with van der Waals surface area (Å²) in [5.74, 6) is 0.109. The number of aliphatic hydroxyl groups excluding tert-OH is 1. The molecule has 1 aromatic carbocycles. The van der Waals surface area contributed by atoms with E-state index >= 15 is 0 Å². The number of halogens is 1. The molecule has 1 saturated heterocycles. The van der Waals surface area contributed by atoms with Crippen LogP contribution in [0.1, 0.15) is 11.5 Å². The topological polar surface area (TPSA) is 29.5 Å². The van der Waals surface area contributed by atoms with Crippen molar-refractivity contribution < 1.29 is 9.84 Å². The summed E-state index contributed by atoms with van der Waals surface area (Å²) in [7, 11) is 0. The van der Waals surface area contributed by atoms with E-state index in [4.69, 9.17) is 16.3 Å². The van der Waals surface area contributed by atoms with Crippen molar-refractivity contribution >= 4 is 11.6 Å². The van der Waals surface area contributed by atoms with Crippen molar-refractivity contribution in [1.82, 2.24) is 0 Å². The highest BCUT2D eigenvalue weighted by Gasteiger charge is 2.27. The second kappa shape index (κ2) is 3.66. The van der Waals surface area contributed by atoms with Crippen LogP contribution in [0, 0.1) is 0 Å². The van der Waals surface area contributed by atoms with Crippen molar-refractivity contribution in [2.45, 2.75) is 12.0 Å². The Morgan fingerprint density at radius 2 is 1.92 bits per heavy atom. The van der Waals surface area contributed by atoms with Crippen LogP contribution in [0.5, 0.6) is 0 Å². The zero-order valence-electron chi connectivity index (χ0n) is 7.11. The Morgan fingerprint density at radius 3 is 2.46 bits per heavy atom. The van der Waals surface area contributed by atoms with Crippen molar-refractivity contribution in [3.05, 3.63) is 34.9 Å². The van der Waals surface area contributed by atoms with Gasteiger partial charge in [-0.25, -0.2) is 0 Å². The molecule has 1 aromatic rings. The number of hydrogen-bond donors (Lipinski definition) is 1. The van der Waals surface area contributed by atoms with Crippen molar-refractivity contribution in [1.29, 1.82) is 0 Å². The van der Waals surface area contributed by atoms with E-state index in [9.17, 15) is 5.11 Å². The Labute approximate surface area is 82.1 Å².